The van der Waals surface area contributed by atoms with Crippen LogP contribution in [0.15, 0.2) is 34.2 Å². The second-order valence-corrected chi connectivity index (χ2v) is 8.64. The van der Waals surface area contributed by atoms with Gasteiger partial charge in [0.15, 0.2) is 15.8 Å². The third-order valence-electron chi connectivity index (χ3n) is 4.68. The Hall–Kier alpha value is -2.09. The third-order valence-corrected chi connectivity index (χ3v) is 5.81. The van der Waals surface area contributed by atoms with Crippen molar-refractivity contribution in [3.63, 3.8) is 0 Å². The van der Waals surface area contributed by atoms with E-state index in [2.05, 4.69) is 20.5 Å². The molecule has 26 heavy (non-hydrogen) atoms. The number of rotatable bonds is 5. The molecule has 144 valence electrons. The predicted octanol–water partition coefficient (Wildman–Crippen LogP) is 1.01. The Bertz CT molecular complexity index is 736. The van der Waals surface area contributed by atoms with E-state index in [1.54, 1.807) is 26.2 Å². The number of sulfone groups is 1. The molecule has 0 aliphatic carbocycles. The van der Waals surface area contributed by atoms with Gasteiger partial charge in [0, 0.05) is 46.4 Å². The zero-order valence-electron chi connectivity index (χ0n) is 15.7. The lowest BCUT2D eigenvalue weighted by molar-refractivity contribution is -0.121. The first-order valence-corrected chi connectivity index (χ1v) is 10.7. The van der Waals surface area contributed by atoms with Crippen LogP contribution in [0.1, 0.15) is 24.8 Å². The monoisotopic (exact) mass is 380 g/mol. The molecule has 0 atom stereocenters. The van der Waals surface area contributed by atoms with Crippen molar-refractivity contribution in [2.45, 2.75) is 30.7 Å². The molecule has 1 amide bonds. The maximum absolute atomic E-state index is 11.5. The molecular weight excluding hydrogens is 352 g/mol. The van der Waals surface area contributed by atoms with Crippen LogP contribution in [0.4, 0.5) is 0 Å². The van der Waals surface area contributed by atoms with Gasteiger partial charge in [0.1, 0.15) is 0 Å². The molecule has 0 unspecified atom stereocenters. The van der Waals surface area contributed by atoms with Crippen LogP contribution >= 0.6 is 0 Å². The van der Waals surface area contributed by atoms with Crippen molar-refractivity contribution in [2.75, 3.05) is 33.4 Å². The summed E-state index contributed by atoms with van der Waals surface area (Å²) in [6.07, 6.45) is 3.73. The molecule has 0 spiro atoms. The number of amides is 1. The SMILES string of the molecule is CN=C(NCc1ccc(S(C)(=O)=O)cc1)N1CCC(CC(=O)NC)CC1. The molecule has 1 heterocycles. The molecule has 2 N–H and O–H groups in total. The first-order valence-electron chi connectivity index (χ1n) is 8.78. The van der Waals surface area contributed by atoms with Gasteiger partial charge >= 0.3 is 0 Å². The van der Waals surface area contributed by atoms with Crippen molar-refractivity contribution in [1.82, 2.24) is 15.5 Å². The van der Waals surface area contributed by atoms with Crippen molar-refractivity contribution >= 4 is 21.7 Å². The fraction of sp³-hybridized carbons (Fsp3) is 0.556. The maximum atomic E-state index is 11.5. The van der Waals surface area contributed by atoms with Crippen molar-refractivity contribution in [2.24, 2.45) is 10.9 Å². The van der Waals surface area contributed by atoms with Gasteiger partial charge in [-0.1, -0.05) is 12.1 Å². The summed E-state index contributed by atoms with van der Waals surface area (Å²) in [7, 11) is 0.259. The lowest BCUT2D eigenvalue weighted by Crippen LogP contribution is -2.45. The minimum Gasteiger partial charge on any atom is -0.359 e. The van der Waals surface area contributed by atoms with Crippen LogP contribution < -0.4 is 10.6 Å². The normalized spacial score (nSPS) is 16.4. The zero-order valence-corrected chi connectivity index (χ0v) is 16.5. The summed E-state index contributed by atoms with van der Waals surface area (Å²) >= 11 is 0. The van der Waals surface area contributed by atoms with Gasteiger partial charge in [0.25, 0.3) is 0 Å². The average Bonchev–Trinajstić information content (AvgIpc) is 2.63. The van der Waals surface area contributed by atoms with Crippen LogP contribution in [0.3, 0.4) is 0 Å². The van der Waals surface area contributed by atoms with Gasteiger partial charge in [-0.05, 0) is 36.5 Å². The predicted molar refractivity (Wildman–Crippen MR) is 103 cm³/mol. The van der Waals surface area contributed by atoms with Gasteiger partial charge < -0.3 is 15.5 Å². The number of benzene rings is 1. The van der Waals surface area contributed by atoms with Gasteiger partial charge in [-0.15, -0.1) is 0 Å². The van der Waals surface area contributed by atoms with E-state index in [9.17, 15) is 13.2 Å². The molecule has 2 rings (SSSR count). The summed E-state index contributed by atoms with van der Waals surface area (Å²) < 4.78 is 23.0. The van der Waals surface area contributed by atoms with E-state index < -0.39 is 9.84 Å². The Morgan fingerprint density at radius 2 is 1.85 bits per heavy atom. The number of hydrogen-bond donors (Lipinski definition) is 2. The zero-order chi connectivity index (χ0) is 19.2. The Labute approximate surface area is 155 Å². The number of nitrogens with one attached hydrogen (secondary N) is 2. The highest BCUT2D eigenvalue weighted by atomic mass is 32.2. The standard InChI is InChI=1S/C18H28N4O3S/c1-19-17(23)12-14-8-10-22(11-9-14)18(20-2)21-13-15-4-6-16(7-5-15)26(3,24)25/h4-7,14H,8-13H2,1-3H3,(H,19,23)(H,20,21). The average molecular weight is 381 g/mol. The largest absolute Gasteiger partial charge is 0.359 e. The summed E-state index contributed by atoms with van der Waals surface area (Å²) in [5, 5.41) is 6.01. The quantitative estimate of drug-likeness (QED) is 0.588. The number of nitrogens with zero attached hydrogens (tertiary/aromatic N) is 2. The number of carbonyl (C=O) groups is 1. The molecule has 1 aromatic rings. The number of aliphatic imine (C=N–C) groups is 1. The van der Waals surface area contributed by atoms with Crippen LogP contribution in [-0.2, 0) is 21.2 Å². The van der Waals surface area contributed by atoms with E-state index in [-0.39, 0.29) is 5.91 Å². The number of carbonyl (C=O) groups excluding carboxylic acids is 1. The van der Waals surface area contributed by atoms with Crippen LogP contribution in [0, 0.1) is 5.92 Å². The van der Waals surface area contributed by atoms with E-state index in [1.807, 2.05) is 12.1 Å². The van der Waals surface area contributed by atoms with Gasteiger partial charge in [-0.2, -0.15) is 0 Å². The number of hydrogen-bond acceptors (Lipinski definition) is 4. The van der Waals surface area contributed by atoms with Gasteiger partial charge in [-0.3, -0.25) is 9.79 Å². The molecule has 0 saturated carbocycles. The van der Waals surface area contributed by atoms with Gasteiger partial charge in [0.2, 0.25) is 5.91 Å². The van der Waals surface area contributed by atoms with Crippen molar-refractivity contribution in [3.8, 4) is 0 Å². The summed E-state index contributed by atoms with van der Waals surface area (Å²) in [5.41, 5.74) is 0.994. The second-order valence-electron chi connectivity index (χ2n) is 6.62. The second kappa shape index (κ2) is 9.02. The van der Waals surface area contributed by atoms with Gasteiger partial charge in [0.05, 0.1) is 4.90 Å². The Kier molecular flexibility index (Phi) is 7.02. The van der Waals surface area contributed by atoms with E-state index >= 15 is 0 Å². The van der Waals surface area contributed by atoms with Crippen LogP contribution in [-0.4, -0.2) is 58.6 Å². The minimum absolute atomic E-state index is 0.100. The summed E-state index contributed by atoms with van der Waals surface area (Å²) in [6.45, 7) is 2.32. The maximum Gasteiger partial charge on any atom is 0.220 e. The highest BCUT2D eigenvalue weighted by Gasteiger charge is 2.23. The lowest BCUT2D eigenvalue weighted by Gasteiger charge is -2.34. The topological polar surface area (TPSA) is 90.9 Å². The minimum atomic E-state index is -3.17. The highest BCUT2D eigenvalue weighted by molar-refractivity contribution is 7.90. The van der Waals surface area contributed by atoms with Crippen molar-refractivity contribution < 1.29 is 13.2 Å². The fourth-order valence-electron chi connectivity index (χ4n) is 3.08. The first-order chi connectivity index (χ1) is 12.3. The molecule has 1 aromatic carbocycles. The van der Waals surface area contributed by atoms with Crippen molar-refractivity contribution in [3.05, 3.63) is 29.8 Å². The summed E-state index contributed by atoms with van der Waals surface area (Å²) in [6, 6.07) is 6.87. The van der Waals surface area contributed by atoms with E-state index in [0.29, 0.717) is 23.8 Å². The fourth-order valence-corrected chi connectivity index (χ4v) is 3.71. The molecule has 1 aliphatic heterocycles. The van der Waals surface area contributed by atoms with E-state index in [0.717, 1.165) is 37.5 Å². The Morgan fingerprint density at radius 1 is 1.23 bits per heavy atom. The number of likely N-dealkylation sites (tertiary alicyclic amines) is 1. The Morgan fingerprint density at radius 3 is 2.35 bits per heavy atom. The molecule has 1 saturated heterocycles. The highest BCUT2D eigenvalue weighted by Crippen LogP contribution is 2.20. The van der Waals surface area contributed by atoms with Crippen LogP contribution in [0.2, 0.25) is 0 Å². The van der Waals surface area contributed by atoms with Gasteiger partial charge in [-0.25, -0.2) is 8.42 Å². The van der Waals surface area contributed by atoms with E-state index in [4.69, 9.17) is 0 Å². The molecule has 1 aliphatic rings. The van der Waals surface area contributed by atoms with E-state index in [1.165, 1.54) is 6.26 Å². The first kappa shape index (κ1) is 20.2. The smallest absolute Gasteiger partial charge is 0.220 e. The van der Waals surface area contributed by atoms with Crippen molar-refractivity contribution in [1.29, 1.82) is 0 Å². The molecule has 0 bridgehead atoms. The molecule has 1 fully saturated rings. The van der Waals surface area contributed by atoms with Crippen LogP contribution in [0.5, 0.6) is 0 Å². The lowest BCUT2D eigenvalue weighted by atomic mass is 9.93. The molecular formula is C18H28N4O3S. The molecule has 0 aromatic heterocycles. The summed E-state index contributed by atoms with van der Waals surface area (Å²) in [5.74, 6) is 1.35. The molecule has 8 heteroatoms. The summed E-state index contributed by atoms with van der Waals surface area (Å²) in [4.78, 5) is 18.4. The molecule has 7 nitrogen and oxygen atoms in total. The Balaban J connectivity index is 1.86. The molecule has 0 radical (unpaired) electrons. The number of guanidine groups is 1. The van der Waals surface area contributed by atoms with Crippen LogP contribution in [0.25, 0.3) is 0 Å². The third kappa shape index (κ3) is 5.72. The number of piperidine rings is 1.